The van der Waals surface area contributed by atoms with Crippen LogP contribution in [0.4, 0.5) is 17.3 Å². The minimum absolute atomic E-state index is 0.00771. The number of anilines is 2. The maximum atomic E-state index is 14.1. The van der Waals surface area contributed by atoms with Gasteiger partial charge in [0.15, 0.2) is 11.2 Å². The van der Waals surface area contributed by atoms with Crippen molar-refractivity contribution in [3.8, 4) is 29.2 Å². The Labute approximate surface area is 482 Å². The zero-order chi connectivity index (χ0) is 59.9. The number of nitrogen functional groups attached to an aromatic ring is 1. The van der Waals surface area contributed by atoms with Gasteiger partial charge in [0.2, 0.25) is 17.2 Å². The number of carbonyl (C=O) groups excluding carboxylic acids is 1. The quantitative estimate of drug-likeness (QED) is 0.0219. The fraction of sp³-hybridized carbons (Fsp3) is 0.370. The predicted molar refractivity (Wildman–Crippen MR) is 299 cm³/mol. The van der Waals surface area contributed by atoms with Gasteiger partial charge in [-0.05, 0) is 99.0 Å². The summed E-state index contributed by atoms with van der Waals surface area (Å²) in [5.74, 6) is 5.05. The SMILES string of the molecule is C[C@H](Oc1nc(N)nc2c1ncn2[C@H]1CC(O)[C@@H](COP(=O)(O)OP(=O)(O)OP(=O)(O)O)O1)c1ccc(C#CCNC(=O)c2ccc(C(=O)O)c(C3=c4cc5c6c(c4Oc4c3cc3c7c4CCCN7CCC3)CCC[N+]=6CCC5)c2)cc1[N+](=O)[O-]. The van der Waals surface area contributed by atoms with Gasteiger partial charge in [0.25, 0.3) is 11.6 Å². The van der Waals surface area contributed by atoms with Crippen molar-refractivity contribution in [2.75, 3.05) is 50.0 Å². The van der Waals surface area contributed by atoms with E-state index in [2.05, 4.69) is 66.9 Å². The Morgan fingerprint density at radius 2 is 1.68 bits per heavy atom. The van der Waals surface area contributed by atoms with Gasteiger partial charge in [-0.2, -0.15) is 18.6 Å². The van der Waals surface area contributed by atoms with Crippen molar-refractivity contribution in [2.45, 2.75) is 89.3 Å². The van der Waals surface area contributed by atoms with Crippen molar-refractivity contribution in [1.29, 1.82) is 0 Å². The lowest BCUT2D eigenvalue weighted by Gasteiger charge is -2.39. The molecular formula is C54H55N9O19P3+. The molecule has 28 nitrogen and oxygen atoms in total. The number of carboxylic acids is 1. The fourth-order valence-electron chi connectivity index (χ4n) is 12.3. The molecule has 1 amide bonds. The van der Waals surface area contributed by atoms with Crippen LogP contribution in [-0.2, 0) is 57.3 Å². The number of hydrogen-bond acceptors (Lipinski definition) is 19. The third-order valence-electron chi connectivity index (χ3n) is 15.7. The van der Waals surface area contributed by atoms with Crippen LogP contribution in [0.5, 0.6) is 17.4 Å². The predicted octanol–water partition coefficient (Wildman–Crippen LogP) is 4.36. The molecule has 1 saturated heterocycles. The monoisotopic (exact) mass is 1230 g/mol. The molecule has 0 spiro atoms. The first-order chi connectivity index (χ1) is 40.5. The number of nitro groups is 1. The van der Waals surface area contributed by atoms with Gasteiger partial charge < -0.3 is 59.9 Å². The van der Waals surface area contributed by atoms with E-state index in [0.717, 1.165) is 117 Å². The maximum Gasteiger partial charge on any atom is 0.490 e. The number of carboxylic acid groups (broad SMARTS) is 1. The first-order valence-corrected chi connectivity index (χ1v) is 31.7. The Kier molecular flexibility index (Phi) is 15.3. The molecule has 4 aromatic carbocycles. The van der Waals surface area contributed by atoms with Crippen LogP contribution >= 0.6 is 23.5 Å². The average Bonchev–Trinajstić information content (AvgIpc) is 1.91. The molecule has 1 fully saturated rings. The molecule has 3 unspecified atom stereocenters. The summed E-state index contributed by atoms with van der Waals surface area (Å²) in [7, 11) is -17.0. The van der Waals surface area contributed by atoms with E-state index in [4.69, 9.17) is 29.7 Å². The van der Waals surface area contributed by atoms with Gasteiger partial charge in [0, 0.05) is 82.7 Å². The van der Waals surface area contributed by atoms with E-state index in [0.29, 0.717) is 5.56 Å². The highest BCUT2D eigenvalue weighted by atomic mass is 31.3. The summed E-state index contributed by atoms with van der Waals surface area (Å²) < 4.78 is 69.9. The number of aryl methyl sites for hydroxylation is 2. The molecule has 9 N–H and O–H groups in total. The Bertz CT molecular complexity index is 4190. The number of nitrogens with zero attached hydrogens (tertiary/aromatic N) is 7. The molecule has 2 aromatic heterocycles. The highest BCUT2D eigenvalue weighted by Gasteiger charge is 2.44. The number of nitrogens with one attached hydrogen (secondary N) is 1. The van der Waals surface area contributed by atoms with Crippen LogP contribution < -0.4 is 40.6 Å². The Hall–Kier alpha value is -7.47. The molecule has 444 valence electrons. The average molecular weight is 1230 g/mol. The lowest BCUT2D eigenvalue weighted by Crippen LogP contribution is -2.45. The summed E-state index contributed by atoms with van der Waals surface area (Å²) in [5.41, 5.74) is 14.1. The van der Waals surface area contributed by atoms with E-state index < -0.39 is 71.4 Å². The number of aromatic nitrogens is 4. The van der Waals surface area contributed by atoms with Gasteiger partial charge in [-0.25, -0.2) is 28.0 Å². The third-order valence-corrected chi connectivity index (χ3v) is 19.5. The minimum atomic E-state index is -5.80. The van der Waals surface area contributed by atoms with Crippen molar-refractivity contribution >= 4 is 69.4 Å². The number of amides is 1. The highest BCUT2D eigenvalue weighted by Crippen LogP contribution is 2.66. The molecule has 0 bridgehead atoms. The van der Waals surface area contributed by atoms with Gasteiger partial charge >= 0.3 is 29.4 Å². The second-order valence-corrected chi connectivity index (χ2v) is 25.6. The first-order valence-electron chi connectivity index (χ1n) is 27.1. The normalized spacial score (nSPS) is 20.3. The summed E-state index contributed by atoms with van der Waals surface area (Å²) in [4.78, 5) is 91.3. The summed E-state index contributed by atoms with van der Waals surface area (Å²) in [5, 5.41) is 38.9. The molecule has 0 radical (unpaired) electrons. The summed E-state index contributed by atoms with van der Waals surface area (Å²) in [6, 6.07) is 13.1. The van der Waals surface area contributed by atoms with Crippen LogP contribution in [0.2, 0.25) is 0 Å². The summed E-state index contributed by atoms with van der Waals surface area (Å²) >= 11 is 0. The van der Waals surface area contributed by atoms with E-state index in [9.17, 15) is 53.4 Å². The topological polar surface area (TPSA) is 393 Å². The number of phosphoric ester groups is 1. The molecule has 6 aromatic rings. The highest BCUT2D eigenvalue weighted by molar-refractivity contribution is 7.66. The van der Waals surface area contributed by atoms with E-state index in [1.165, 1.54) is 70.3 Å². The first kappa shape index (κ1) is 57.9. The van der Waals surface area contributed by atoms with E-state index in [1.54, 1.807) is 6.07 Å². The maximum absolute atomic E-state index is 14.1. The Morgan fingerprint density at radius 1 is 0.929 bits per heavy atom. The largest absolute Gasteiger partial charge is 0.490 e. The number of hydrogen-bond donors (Lipinski definition) is 8. The number of rotatable bonds is 16. The van der Waals surface area contributed by atoms with Gasteiger partial charge in [0.1, 0.15) is 43.0 Å². The molecule has 6 atom stereocenters. The van der Waals surface area contributed by atoms with E-state index in [-0.39, 0.29) is 63.9 Å². The van der Waals surface area contributed by atoms with Crippen molar-refractivity contribution < 1.29 is 85.3 Å². The number of fused-ring (bicyclic) bond motifs is 5. The second-order valence-electron chi connectivity index (χ2n) is 21.2. The van der Waals surface area contributed by atoms with Crippen molar-refractivity contribution in [3.05, 3.63) is 131 Å². The number of phosphoric acid groups is 3. The van der Waals surface area contributed by atoms with Gasteiger partial charge in [0.05, 0.1) is 47.2 Å². The molecular weight excluding hydrogens is 1170 g/mol. The molecule has 31 heteroatoms. The number of imidazole rings is 1. The number of aromatic carboxylic acids is 1. The van der Waals surface area contributed by atoms with Crippen LogP contribution in [0.15, 0.2) is 54.9 Å². The van der Waals surface area contributed by atoms with E-state index in [1.807, 2.05) is 0 Å². The third kappa shape index (κ3) is 11.5. The molecule has 6 aliphatic rings. The van der Waals surface area contributed by atoms with Crippen molar-refractivity contribution in [2.24, 2.45) is 0 Å². The van der Waals surface area contributed by atoms with Crippen LogP contribution in [0.1, 0.15) is 117 Å². The number of benzene rings is 4. The van der Waals surface area contributed by atoms with Crippen LogP contribution in [0, 0.1) is 22.0 Å². The molecule has 8 heterocycles. The lowest BCUT2D eigenvalue weighted by atomic mass is 9.81. The minimum Gasteiger partial charge on any atom is -0.478 e. The standard InChI is InChI=1S/C54H54N9O19P3/c1-28(78-52-45-50(58-54(55)59-52)62(27-57-45)43-25-41(64)42(79-43)26-77-84(73,74)82-85(75,76)81-83(70,71)72)33-14-12-29(21-40(33)63(68)69)7-2-16-56-51(65)32-13-15-34(53(66)67)37(24-32)44-38-22-30-8-3-17-60-19-5-10-35(46(30)60)48(38)80-49-36-11-6-20-61-18-4-9-31(47(36)61)23-39(44)49/h12-15,21-24,27-28,41-43,64H,3-6,8-11,16-20,25-26H2,1H3,(H7-,55,56,58,59,65,66,67,70,71,72,73,74,75,76)/p+1/t28-,41?,42+,43+/m0/s1. The number of aliphatic hydroxyl groups is 1. The summed E-state index contributed by atoms with van der Waals surface area (Å²) in [6.07, 6.45) is 3.40. The lowest BCUT2D eigenvalue weighted by molar-refractivity contribution is -0.386. The number of nitrogens with two attached hydrogens (primary N) is 1. The molecule has 85 heavy (non-hydrogen) atoms. The van der Waals surface area contributed by atoms with E-state index >= 15 is 0 Å². The molecule has 12 rings (SSSR count). The zero-order valence-corrected chi connectivity index (χ0v) is 47.8. The van der Waals surface area contributed by atoms with Gasteiger partial charge in [-0.3, -0.25) is 24.0 Å². The fourth-order valence-corrected chi connectivity index (χ4v) is 15.3. The van der Waals surface area contributed by atoms with Crippen molar-refractivity contribution in [3.63, 3.8) is 0 Å². The smallest absolute Gasteiger partial charge is 0.478 e. The van der Waals surface area contributed by atoms with Crippen LogP contribution in [-0.4, -0.2) is 118 Å². The second kappa shape index (κ2) is 22.4. The Balaban J connectivity index is 0.767. The number of nitro benzene ring substituents is 1. The van der Waals surface area contributed by atoms with Crippen molar-refractivity contribution in [1.82, 2.24) is 29.4 Å². The molecule has 6 aliphatic heterocycles. The van der Waals surface area contributed by atoms with Crippen LogP contribution in [0.25, 0.3) is 16.7 Å². The number of ether oxygens (including phenoxy) is 3. The molecule has 0 aliphatic carbocycles. The molecule has 0 saturated carbocycles. The number of carbonyl (C=O) groups is 2. The Morgan fingerprint density at radius 3 is 2.45 bits per heavy atom. The number of aliphatic hydroxyl groups excluding tert-OH is 1. The van der Waals surface area contributed by atoms with Gasteiger partial charge in [-0.15, -0.1) is 0 Å². The van der Waals surface area contributed by atoms with Crippen LogP contribution in [0.3, 0.4) is 0 Å². The van der Waals surface area contributed by atoms with Gasteiger partial charge in [-0.1, -0.05) is 11.8 Å². The zero-order valence-electron chi connectivity index (χ0n) is 45.2. The summed E-state index contributed by atoms with van der Waals surface area (Å²) in [6.45, 7) is 4.26.